The van der Waals surface area contributed by atoms with Gasteiger partial charge in [0, 0.05) is 50.4 Å². The molecule has 8 nitrogen and oxygen atoms in total. The third kappa shape index (κ3) is 6.26. The van der Waals surface area contributed by atoms with Crippen LogP contribution in [0.25, 0.3) is 0 Å². The number of benzene rings is 2. The predicted molar refractivity (Wildman–Crippen MR) is 157 cm³/mol. The van der Waals surface area contributed by atoms with Gasteiger partial charge in [-0.25, -0.2) is 17.2 Å². The van der Waals surface area contributed by atoms with Crippen molar-refractivity contribution in [3.8, 4) is 11.8 Å². The number of aliphatic hydroxyl groups is 1. The monoisotopic (exact) mass is 598 g/mol. The molecule has 6 rings (SSSR count). The first kappa shape index (κ1) is 28.9. The summed E-state index contributed by atoms with van der Waals surface area (Å²) >= 11 is 0. The molecule has 2 aromatic rings. The van der Waals surface area contributed by atoms with Gasteiger partial charge in [0.25, 0.3) is 11.8 Å². The van der Waals surface area contributed by atoms with Crippen LogP contribution in [-0.4, -0.2) is 63.7 Å². The second kappa shape index (κ2) is 10.8. The Hall–Kier alpha value is -3.20. The molecule has 0 atom stereocenters. The molecule has 4 aliphatic rings. The standard InChI is InChI=1S/C31H36F2N4O4S/c32-31(33)14-18-36(19-15-31)24-4-1-3-23(21-24)34-28(39)26-6-5-25(42(40,41)35-30(10-11-30)7-2-20-38)22-27(26)37-16-12-29(8-9-29)13-17-37/h1,3-6,21-22,35,38H,8-20H2,(H,34,39). The van der Waals surface area contributed by atoms with Crippen molar-refractivity contribution in [3.63, 3.8) is 0 Å². The number of nitrogens with zero attached hydrogens (tertiary/aromatic N) is 2. The molecule has 2 saturated heterocycles. The van der Waals surface area contributed by atoms with Crippen LogP contribution in [0.2, 0.25) is 0 Å². The van der Waals surface area contributed by atoms with Crippen LogP contribution in [0.4, 0.5) is 25.8 Å². The summed E-state index contributed by atoms with van der Waals surface area (Å²) in [7, 11) is -3.94. The second-order valence-electron chi connectivity index (χ2n) is 12.2. The third-order valence-corrected chi connectivity index (χ3v) is 10.6. The number of rotatable bonds is 7. The summed E-state index contributed by atoms with van der Waals surface area (Å²) in [5.41, 5.74) is 1.76. The maximum atomic E-state index is 13.7. The van der Waals surface area contributed by atoms with E-state index in [-0.39, 0.29) is 43.3 Å². The number of hydrogen-bond acceptors (Lipinski definition) is 6. The topological polar surface area (TPSA) is 102 Å². The first-order valence-electron chi connectivity index (χ1n) is 14.6. The number of halogens is 2. The number of sulfonamides is 1. The van der Waals surface area contributed by atoms with E-state index in [1.54, 1.807) is 30.3 Å². The summed E-state index contributed by atoms with van der Waals surface area (Å²) < 4.78 is 56.8. The van der Waals surface area contributed by atoms with E-state index in [2.05, 4.69) is 26.8 Å². The first-order chi connectivity index (χ1) is 20.0. The fourth-order valence-electron chi connectivity index (χ4n) is 6.00. The minimum atomic E-state index is -3.94. The molecule has 0 radical (unpaired) electrons. The van der Waals surface area contributed by atoms with Crippen LogP contribution in [0.5, 0.6) is 0 Å². The van der Waals surface area contributed by atoms with Gasteiger partial charge in [-0.15, -0.1) is 0 Å². The molecule has 4 fully saturated rings. The summed E-state index contributed by atoms with van der Waals surface area (Å²) in [6.07, 6.45) is 5.16. The third-order valence-electron chi connectivity index (χ3n) is 9.10. The van der Waals surface area contributed by atoms with E-state index in [1.165, 1.54) is 18.9 Å². The number of piperidine rings is 2. The van der Waals surface area contributed by atoms with E-state index in [4.69, 9.17) is 5.11 Å². The molecule has 2 aliphatic heterocycles. The first-order valence-corrected chi connectivity index (χ1v) is 16.1. The van der Waals surface area contributed by atoms with Crippen LogP contribution in [-0.2, 0) is 10.0 Å². The van der Waals surface area contributed by atoms with Crippen LogP contribution in [0.1, 0.15) is 61.7 Å². The highest BCUT2D eigenvalue weighted by Crippen LogP contribution is 2.54. The Bertz CT molecular complexity index is 1520. The van der Waals surface area contributed by atoms with Gasteiger partial charge in [-0.3, -0.25) is 4.79 Å². The predicted octanol–water partition coefficient (Wildman–Crippen LogP) is 4.36. The van der Waals surface area contributed by atoms with E-state index >= 15 is 0 Å². The largest absolute Gasteiger partial charge is 0.384 e. The van der Waals surface area contributed by atoms with Crippen molar-refractivity contribution in [1.29, 1.82) is 0 Å². The van der Waals surface area contributed by atoms with Gasteiger partial charge in [0.15, 0.2) is 0 Å². The van der Waals surface area contributed by atoms with Crippen molar-refractivity contribution in [3.05, 3.63) is 48.0 Å². The number of alkyl halides is 2. The van der Waals surface area contributed by atoms with Crippen LogP contribution >= 0.6 is 0 Å². The minimum Gasteiger partial charge on any atom is -0.384 e. The smallest absolute Gasteiger partial charge is 0.257 e. The number of aliphatic hydroxyl groups excluding tert-OH is 1. The van der Waals surface area contributed by atoms with Crippen molar-refractivity contribution in [1.82, 2.24) is 4.72 Å². The summed E-state index contributed by atoms with van der Waals surface area (Å²) in [4.78, 5) is 17.7. The molecule has 224 valence electrons. The number of hydrogen-bond donors (Lipinski definition) is 3. The Morgan fingerprint density at radius 1 is 0.905 bits per heavy atom. The fraction of sp³-hybridized carbons (Fsp3) is 0.516. The number of carbonyl (C=O) groups excluding carboxylic acids is 1. The van der Waals surface area contributed by atoms with Gasteiger partial charge in [-0.2, -0.15) is 4.72 Å². The van der Waals surface area contributed by atoms with Gasteiger partial charge in [0.1, 0.15) is 6.61 Å². The summed E-state index contributed by atoms with van der Waals surface area (Å²) in [6, 6.07) is 11.7. The highest BCUT2D eigenvalue weighted by molar-refractivity contribution is 7.89. The summed E-state index contributed by atoms with van der Waals surface area (Å²) in [6.45, 7) is 1.60. The van der Waals surface area contributed by atoms with Gasteiger partial charge >= 0.3 is 0 Å². The molecule has 0 bridgehead atoms. The van der Waals surface area contributed by atoms with E-state index in [0.29, 0.717) is 35.2 Å². The zero-order chi connectivity index (χ0) is 29.6. The van der Waals surface area contributed by atoms with E-state index < -0.39 is 21.5 Å². The van der Waals surface area contributed by atoms with Crippen LogP contribution in [0.3, 0.4) is 0 Å². The summed E-state index contributed by atoms with van der Waals surface area (Å²) in [5.74, 6) is 2.36. The Balaban J connectivity index is 1.25. The van der Waals surface area contributed by atoms with Gasteiger partial charge in [0.2, 0.25) is 10.0 Å². The molecule has 2 aromatic carbocycles. The molecule has 2 aliphatic carbocycles. The highest BCUT2D eigenvalue weighted by Gasteiger charge is 2.46. The average Bonchev–Trinajstić information content (AvgIpc) is 3.90. The van der Waals surface area contributed by atoms with E-state index in [1.807, 2.05) is 11.0 Å². The normalized spacial score (nSPS) is 21.8. The minimum absolute atomic E-state index is 0.0572. The molecule has 2 saturated carbocycles. The maximum Gasteiger partial charge on any atom is 0.257 e. The molecule has 11 heteroatoms. The number of carbonyl (C=O) groups is 1. The maximum absolute atomic E-state index is 13.7. The quantitative estimate of drug-likeness (QED) is 0.410. The van der Waals surface area contributed by atoms with Gasteiger partial charge in [-0.05, 0) is 80.3 Å². The molecular weight excluding hydrogens is 562 g/mol. The van der Waals surface area contributed by atoms with Crippen molar-refractivity contribution >= 4 is 33.0 Å². The van der Waals surface area contributed by atoms with Crippen LogP contribution < -0.4 is 19.8 Å². The molecule has 2 heterocycles. The average molecular weight is 599 g/mol. The molecule has 1 amide bonds. The Morgan fingerprint density at radius 3 is 2.24 bits per heavy atom. The number of anilines is 3. The zero-order valence-electron chi connectivity index (χ0n) is 23.5. The summed E-state index contributed by atoms with van der Waals surface area (Å²) in [5, 5.41) is 12.0. The lowest BCUT2D eigenvalue weighted by atomic mass is 9.93. The molecule has 1 spiro atoms. The van der Waals surface area contributed by atoms with E-state index in [0.717, 1.165) is 31.6 Å². The lowest BCUT2D eigenvalue weighted by molar-refractivity contribution is -0.0220. The highest BCUT2D eigenvalue weighted by atomic mass is 32.2. The Kier molecular flexibility index (Phi) is 7.44. The Morgan fingerprint density at radius 2 is 1.60 bits per heavy atom. The Labute approximate surface area is 245 Å². The van der Waals surface area contributed by atoms with Gasteiger partial charge in [0.05, 0.1) is 21.7 Å². The second-order valence-corrected chi connectivity index (χ2v) is 13.8. The zero-order valence-corrected chi connectivity index (χ0v) is 24.3. The molecule has 0 unspecified atom stereocenters. The molecule has 42 heavy (non-hydrogen) atoms. The SMILES string of the molecule is O=C(Nc1cccc(N2CCC(F)(F)CC2)c1)c1ccc(S(=O)(=O)NC2(C#CCO)CC2)cc1N1CCC2(CC1)CC2. The lowest BCUT2D eigenvalue weighted by Crippen LogP contribution is -2.39. The number of nitrogens with one attached hydrogen (secondary N) is 2. The van der Waals surface area contributed by atoms with Crippen molar-refractivity contribution in [2.45, 2.75) is 67.7 Å². The molecule has 3 N–H and O–H groups in total. The lowest BCUT2D eigenvalue weighted by Gasteiger charge is -2.35. The van der Waals surface area contributed by atoms with Crippen molar-refractivity contribution in [2.24, 2.45) is 5.41 Å². The van der Waals surface area contributed by atoms with E-state index in [9.17, 15) is 22.0 Å². The van der Waals surface area contributed by atoms with Crippen molar-refractivity contribution < 1.29 is 27.1 Å². The number of amides is 1. The van der Waals surface area contributed by atoms with Gasteiger partial charge in [-0.1, -0.05) is 17.9 Å². The molecule has 0 aromatic heterocycles. The van der Waals surface area contributed by atoms with Crippen LogP contribution in [0, 0.1) is 17.3 Å². The van der Waals surface area contributed by atoms with Crippen molar-refractivity contribution in [2.75, 3.05) is 47.9 Å². The van der Waals surface area contributed by atoms with Crippen LogP contribution in [0.15, 0.2) is 47.4 Å². The fourth-order valence-corrected chi connectivity index (χ4v) is 7.41. The van der Waals surface area contributed by atoms with Gasteiger partial charge < -0.3 is 20.2 Å². The molecular formula is C31H36F2N4O4S.